The first-order valence-corrected chi connectivity index (χ1v) is 28.0. The van der Waals surface area contributed by atoms with Crippen LogP contribution in [0.5, 0.6) is 0 Å². The zero-order chi connectivity index (χ0) is 61.2. The largest absolute Gasteiger partial charge is 0.481 e. The molecule has 11 atom stereocenters. The SMILES string of the molecule is CCC(C)C(OC(=O)[C@H](CCC(=O)O)N(C)C(=O)[C@@H](NC(=O)[C@@H]1CCCN1C(=O)[C@@H](NC(=O)[C@H](CCC(N)=O)N(C)C(=O)[C@H](C(C)C)N(C)C(=O)CNC(=O)[C@@H]1CCCN1C(=O)[C@@H](N)Cc1ccccc1)[C@@H](C)CC)C(C)C)C(=O)O. The van der Waals surface area contributed by atoms with E-state index in [4.69, 9.17) is 16.2 Å². The Morgan fingerprint density at radius 3 is 1.74 bits per heavy atom. The molecule has 0 aromatic heterocycles. The lowest BCUT2D eigenvalue weighted by Crippen LogP contribution is -2.61. The summed E-state index contributed by atoms with van der Waals surface area (Å²) < 4.78 is 5.34. The van der Waals surface area contributed by atoms with Crippen molar-refractivity contribution in [2.75, 3.05) is 40.8 Å². The number of aliphatic carboxylic acids is 2. The summed E-state index contributed by atoms with van der Waals surface area (Å²) in [5.74, 6) is -12.4. The van der Waals surface area contributed by atoms with Gasteiger partial charge in [-0.25, -0.2) is 9.59 Å². The molecule has 2 fully saturated rings. The minimum atomic E-state index is -1.58. The second kappa shape index (κ2) is 31.7. The highest BCUT2D eigenvalue weighted by atomic mass is 16.6. The summed E-state index contributed by atoms with van der Waals surface area (Å²) in [6.45, 7) is 13.2. The Hall–Kier alpha value is -7.18. The molecule has 2 saturated heterocycles. The number of nitrogens with zero attached hydrogens (tertiary/aromatic N) is 5. The van der Waals surface area contributed by atoms with Crippen LogP contribution in [0.2, 0.25) is 0 Å². The van der Waals surface area contributed by atoms with Crippen LogP contribution in [-0.2, 0) is 68.7 Å². The molecular weight excluding hydrogens is 1050 g/mol. The number of nitrogens with two attached hydrogens (primary N) is 2. The lowest BCUT2D eigenvalue weighted by Gasteiger charge is -2.37. The van der Waals surface area contributed by atoms with Gasteiger partial charge in [0.15, 0.2) is 0 Å². The Bertz CT molecular complexity index is 2410. The fourth-order valence-corrected chi connectivity index (χ4v) is 10.2. The predicted octanol–water partition coefficient (Wildman–Crippen LogP) is 0.636. The predicted molar refractivity (Wildman–Crippen MR) is 296 cm³/mol. The molecule has 3 rings (SSSR count). The Kier molecular flexibility index (Phi) is 26.7. The van der Waals surface area contributed by atoms with Gasteiger partial charge in [-0.05, 0) is 74.7 Å². The third kappa shape index (κ3) is 18.7. The topological polar surface area (TPSA) is 359 Å². The van der Waals surface area contributed by atoms with Gasteiger partial charge >= 0.3 is 17.9 Å². The van der Waals surface area contributed by atoms with Crippen LogP contribution in [0.4, 0.5) is 0 Å². The quantitative estimate of drug-likeness (QED) is 0.0502. The minimum absolute atomic E-state index is 0.0737. The van der Waals surface area contributed by atoms with Crippen molar-refractivity contribution in [2.45, 2.75) is 180 Å². The smallest absolute Gasteiger partial charge is 0.345 e. The highest BCUT2D eigenvalue weighted by molar-refractivity contribution is 5.98. The number of carbonyl (C=O) groups excluding carboxylic acids is 10. The first kappa shape index (κ1) is 68.1. The van der Waals surface area contributed by atoms with Crippen LogP contribution in [0.3, 0.4) is 0 Å². The number of benzene rings is 1. The molecule has 0 radical (unpaired) electrons. The van der Waals surface area contributed by atoms with Crippen molar-refractivity contribution in [1.29, 1.82) is 0 Å². The van der Waals surface area contributed by atoms with Gasteiger partial charge in [-0.2, -0.15) is 0 Å². The molecule has 2 heterocycles. The summed E-state index contributed by atoms with van der Waals surface area (Å²) >= 11 is 0. The van der Waals surface area contributed by atoms with Crippen molar-refractivity contribution in [3.63, 3.8) is 0 Å². The molecule has 25 heteroatoms. The van der Waals surface area contributed by atoms with Crippen LogP contribution in [0, 0.1) is 23.7 Å². The number of primary amides is 1. The van der Waals surface area contributed by atoms with Crippen molar-refractivity contribution >= 4 is 71.1 Å². The number of hydrogen-bond acceptors (Lipinski definition) is 14. The first-order chi connectivity index (χ1) is 38.0. The molecule has 81 heavy (non-hydrogen) atoms. The monoisotopic (exact) mass is 1140 g/mol. The standard InChI is InChI=1S/C56H88N10O15/c1-12-33(7)45(53(76)66-28-18-22-39(66)50(73)60-44(31(3)4)52(75)63(10)40(24-26-43(69)70)56(80)81-47(55(78)79)34(8)13-2)61-49(72)37(23-25-41(58)67)62(9)54(77)46(32(5)6)64(11)42(68)30-59-48(71)38-21-17-27-65(38)51(74)36(57)29-35-19-15-14-16-20-35/h14-16,19-20,31-34,36-40,44-47H,12-13,17-18,21-30,57H2,1-11H3,(H2,58,67)(H,59,71)(H,60,73)(H,61,72)(H,69,70)(H,78,79)/t33-,34?,36-,37-,38-,39-,40-,44-,45-,46-,47?/m0/s1. The molecule has 0 bridgehead atoms. The van der Waals surface area contributed by atoms with Crippen molar-refractivity contribution in [3.8, 4) is 0 Å². The van der Waals surface area contributed by atoms with Crippen molar-refractivity contribution in [1.82, 2.24) is 40.4 Å². The van der Waals surface area contributed by atoms with Crippen LogP contribution in [0.1, 0.15) is 125 Å². The summed E-state index contributed by atoms with van der Waals surface area (Å²) in [5, 5.41) is 27.4. The van der Waals surface area contributed by atoms with E-state index in [1.807, 2.05) is 30.3 Å². The maximum atomic E-state index is 14.7. The third-order valence-corrected chi connectivity index (χ3v) is 15.6. The molecule has 9 amide bonds. The zero-order valence-corrected chi connectivity index (χ0v) is 48.9. The lowest BCUT2D eigenvalue weighted by atomic mass is 9.95. The van der Waals surface area contributed by atoms with Gasteiger partial charge in [-0.1, -0.05) is 92.1 Å². The average Bonchev–Trinajstić information content (AvgIpc) is 4.21. The van der Waals surface area contributed by atoms with Crippen LogP contribution in [0.25, 0.3) is 0 Å². The summed E-state index contributed by atoms with van der Waals surface area (Å²) in [6, 6.07) is -0.470. The van der Waals surface area contributed by atoms with Crippen LogP contribution in [0.15, 0.2) is 30.3 Å². The van der Waals surface area contributed by atoms with Gasteiger partial charge in [0.25, 0.3) is 0 Å². The van der Waals surface area contributed by atoms with Gasteiger partial charge in [-0.3, -0.25) is 47.9 Å². The van der Waals surface area contributed by atoms with Crippen molar-refractivity contribution < 1.29 is 72.5 Å². The number of likely N-dealkylation sites (tertiary alicyclic amines) is 2. The van der Waals surface area contributed by atoms with E-state index in [1.165, 1.54) is 30.9 Å². The summed E-state index contributed by atoms with van der Waals surface area (Å²) in [7, 11) is 3.91. The molecular formula is C56H88N10O15. The van der Waals surface area contributed by atoms with E-state index >= 15 is 0 Å². The van der Waals surface area contributed by atoms with Crippen LogP contribution in [-0.4, -0.2) is 201 Å². The van der Waals surface area contributed by atoms with Crippen molar-refractivity contribution in [2.24, 2.45) is 35.1 Å². The van der Waals surface area contributed by atoms with E-state index in [-0.39, 0.29) is 32.2 Å². The van der Waals surface area contributed by atoms with E-state index < -0.39 is 169 Å². The highest BCUT2D eigenvalue weighted by Crippen LogP contribution is 2.25. The first-order valence-electron chi connectivity index (χ1n) is 28.0. The van der Waals surface area contributed by atoms with Gasteiger partial charge in [0.05, 0.1) is 12.6 Å². The maximum Gasteiger partial charge on any atom is 0.345 e. The fourth-order valence-electron chi connectivity index (χ4n) is 10.2. The Morgan fingerprint density at radius 1 is 0.679 bits per heavy atom. The third-order valence-electron chi connectivity index (χ3n) is 15.6. The Balaban J connectivity index is 1.82. The summed E-state index contributed by atoms with van der Waals surface area (Å²) in [4.78, 5) is 168. The fraction of sp³-hybridized carbons (Fsp3) is 0.679. The molecule has 452 valence electrons. The van der Waals surface area contributed by atoms with E-state index in [9.17, 15) is 67.7 Å². The minimum Gasteiger partial charge on any atom is -0.481 e. The lowest BCUT2D eigenvalue weighted by molar-refractivity contribution is -0.173. The molecule has 2 aliphatic heterocycles. The second-order valence-corrected chi connectivity index (χ2v) is 22.1. The average molecular weight is 1140 g/mol. The van der Waals surface area contributed by atoms with E-state index in [0.717, 1.165) is 20.3 Å². The number of carboxylic acid groups (broad SMARTS) is 2. The van der Waals surface area contributed by atoms with E-state index in [1.54, 1.807) is 55.4 Å². The Morgan fingerprint density at radius 2 is 1.22 bits per heavy atom. The number of esters is 1. The van der Waals surface area contributed by atoms with Crippen LogP contribution < -0.4 is 27.4 Å². The Labute approximate surface area is 474 Å². The number of rotatable bonds is 31. The molecule has 25 nitrogen and oxygen atoms in total. The zero-order valence-electron chi connectivity index (χ0n) is 48.9. The number of amides is 9. The highest BCUT2D eigenvalue weighted by Gasteiger charge is 2.45. The molecule has 2 aliphatic rings. The number of ether oxygens (including phenoxy) is 1. The van der Waals surface area contributed by atoms with Gasteiger partial charge in [0.2, 0.25) is 59.3 Å². The van der Waals surface area contributed by atoms with E-state index in [2.05, 4.69) is 16.0 Å². The second-order valence-electron chi connectivity index (χ2n) is 22.1. The molecule has 1 aromatic rings. The number of likely N-dealkylation sites (N-methyl/N-ethyl adjacent to an activating group) is 3. The molecule has 0 saturated carbocycles. The number of hydrogen-bond donors (Lipinski definition) is 7. The summed E-state index contributed by atoms with van der Waals surface area (Å²) in [5.41, 5.74) is 12.7. The molecule has 2 unspecified atom stereocenters. The maximum absolute atomic E-state index is 14.7. The van der Waals surface area contributed by atoms with Gasteiger partial charge in [0.1, 0.15) is 42.3 Å². The molecule has 0 aliphatic carbocycles. The molecule has 1 aromatic carbocycles. The van der Waals surface area contributed by atoms with Crippen LogP contribution >= 0.6 is 0 Å². The van der Waals surface area contributed by atoms with Crippen molar-refractivity contribution in [3.05, 3.63) is 35.9 Å². The number of carbonyl (C=O) groups is 12. The van der Waals surface area contributed by atoms with E-state index in [0.29, 0.717) is 38.6 Å². The summed E-state index contributed by atoms with van der Waals surface area (Å²) in [6.07, 6.45) is -0.886. The number of carboxylic acids is 2. The van der Waals surface area contributed by atoms with Gasteiger partial charge < -0.3 is 66.9 Å². The molecule has 9 N–H and O–H groups in total. The number of nitrogens with one attached hydrogen (secondary N) is 3. The normalized spacial score (nSPS) is 18.4. The van der Waals surface area contributed by atoms with Gasteiger partial charge in [-0.15, -0.1) is 0 Å². The van der Waals surface area contributed by atoms with Gasteiger partial charge in [0, 0.05) is 53.0 Å². The molecule has 0 spiro atoms.